The first-order valence-electron chi connectivity index (χ1n) is 11.9. The van der Waals surface area contributed by atoms with Gasteiger partial charge in [-0.3, -0.25) is 9.69 Å². The number of carbonyl (C=O) groups is 1. The third-order valence-corrected chi connectivity index (χ3v) is 6.98. The van der Waals surface area contributed by atoms with Gasteiger partial charge >= 0.3 is 5.97 Å². The van der Waals surface area contributed by atoms with Crippen molar-refractivity contribution in [2.45, 2.75) is 13.0 Å². The number of oxime groups is 1. The van der Waals surface area contributed by atoms with Crippen LogP contribution >= 0.6 is 0 Å². The third kappa shape index (κ3) is 4.35. The van der Waals surface area contributed by atoms with Crippen LogP contribution in [0.15, 0.2) is 46.5 Å². The molecule has 0 unspecified atom stereocenters. The molecule has 3 aromatic rings. The summed E-state index contributed by atoms with van der Waals surface area (Å²) in [5.74, 6) is -1.02. The van der Waals surface area contributed by atoms with E-state index in [1.807, 2.05) is 24.0 Å². The number of aromatic carboxylic acids is 1. The Labute approximate surface area is 211 Å². The minimum atomic E-state index is -1.35. The largest absolute Gasteiger partial charge is 0.497 e. The molecule has 2 aliphatic rings. The summed E-state index contributed by atoms with van der Waals surface area (Å²) in [6, 6.07) is 8.14. The highest BCUT2D eigenvalue weighted by Crippen LogP contribution is 2.42. The maximum absolute atomic E-state index is 15.5. The topological polar surface area (TPSA) is 117 Å². The molecule has 0 aliphatic carbocycles. The van der Waals surface area contributed by atoms with Gasteiger partial charge in [0.05, 0.1) is 24.1 Å². The average Bonchev–Trinajstić information content (AvgIpc) is 2.90. The van der Waals surface area contributed by atoms with Gasteiger partial charge in [-0.1, -0.05) is 5.16 Å². The molecule has 1 saturated heterocycles. The molecule has 1 fully saturated rings. The molecule has 10 nitrogen and oxygen atoms in total. The van der Waals surface area contributed by atoms with Crippen molar-refractivity contribution < 1.29 is 29.0 Å². The predicted octanol–water partition coefficient (Wildman–Crippen LogP) is 2.80. The second-order valence-corrected chi connectivity index (χ2v) is 9.22. The first-order valence-corrected chi connectivity index (χ1v) is 11.9. The average molecular weight is 511 g/mol. The van der Waals surface area contributed by atoms with Crippen molar-refractivity contribution in [2.75, 3.05) is 51.3 Å². The van der Waals surface area contributed by atoms with E-state index < -0.39 is 22.8 Å². The molecule has 0 saturated carbocycles. The van der Waals surface area contributed by atoms with Crippen LogP contribution in [0.4, 0.5) is 10.1 Å². The number of pyridine rings is 1. The lowest BCUT2D eigenvalue weighted by Gasteiger charge is -2.38. The number of rotatable bonds is 6. The number of benzene rings is 2. The molecule has 1 atom stereocenters. The fourth-order valence-electron chi connectivity index (χ4n) is 4.96. The van der Waals surface area contributed by atoms with Crippen molar-refractivity contribution >= 4 is 28.3 Å². The van der Waals surface area contributed by atoms with Crippen LogP contribution in [0.25, 0.3) is 10.9 Å². The molecule has 5 rings (SSSR count). The summed E-state index contributed by atoms with van der Waals surface area (Å²) < 4.78 is 28.3. The van der Waals surface area contributed by atoms with Crippen molar-refractivity contribution in [3.63, 3.8) is 0 Å². The zero-order chi connectivity index (χ0) is 26.3. The normalized spacial score (nSPS) is 18.1. The van der Waals surface area contributed by atoms with Crippen LogP contribution < -0.4 is 19.8 Å². The minimum absolute atomic E-state index is 0.00960. The molecular weight excluding hydrogens is 483 g/mol. The van der Waals surface area contributed by atoms with E-state index in [1.165, 1.54) is 6.20 Å². The highest BCUT2D eigenvalue weighted by molar-refractivity contribution is 6.02. The van der Waals surface area contributed by atoms with E-state index in [2.05, 4.69) is 10.1 Å². The van der Waals surface area contributed by atoms with Crippen molar-refractivity contribution in [2.24, 2.45) is 5.16 Å². The van der Waals surface area contributed by atoms with Crippen molar-refractivity contribution in [3.8, 4) is 11.5 Å². The van der Waals surface area contributed by atoms with Crippen LogP contribution in [0, 0.1) is 5.82 Å². The van der Waals surface area contributed by atoms with Gasteiger partial charge < -0.3 is 29.3 Å². The lowest BCUT2D eigenvalue weighted by Crippen LogP contribution is -2.48. The van der Waals surface area contributed by atoms with Gasteiger partial charge in [0.15, 0.2) is 11.6 Å². The summed E-state index contributed by atoms with van der Waals surface area (Å²) in [7, 11) is 1.58. The van der Waals surface area contributed by atoms with E-state index >= 15 is 4.39 Å². The number of piperazine rings is 1. The Hall–Kier alpha value is -4.12. The maximum Gasteiger partial charge on any atom is 0.341 e. The van der Waals surface area contributed by atoms with Gasteiger partial charge in [0, 0.05) is 44.5 Å². The van der Waals surface area contributed by atoms with Crippen molar-refractivity contribution in [1.29, 1.82) is 0 Å². The second kappa shape index (κ2) is 9.74. The lowest BCUT2D eigenvalue weighted by atomic mass is 10.1. The summed E-state index contributed by atoms with van der Waals surface area (Å²) in [4.78, 5) is 28.4. The van der Waals surface area contributed by atoms with Crippen molar-refractivity contribution in [3.05, 3.63) is 63.7 Å². The molecule has 2 N–H and O–H groups in total. The molecule has 1 aromatic heterocycles. The first kappa shape index (κ1) is 24.6. The number of aromatic nitrogens is 1. The molecule has 11 heteroatoms. The number of hydrogen-bond donors (Lipinski definition) is 2. The van der Waals surface area contributed by atoms with Gasteiger partial charge in [0.1, 0.15) is 29.3 Å². The van der Waals surface area contributed by atoms with Crippen LogP contribution in [-0.4, -0.2) is 77.9 Å². The Morgan fingerprint density at radius 3 is 2.54 bits per heavy atom. The van der Waals surface area contributed by atoms with E-state index in [4.69, 9.17) is 9.47 Å². The van der Waals surface area contributed by atoms with Gasteiger partial charge in [-0.25, -0.2) is 9.18 Å². The van der Waals surface area contributed by atoms with E-state index in [0.717, 1.165) is 11.6 Å². The van der Waals surface area contributed by atoms with Crippen molar-refractivity contribution in [1.82, 2.24) is 9.47 Å². The number of halogens is 1. The van der Waals surface area contributed by atoms with Crippen LogP contribution in [0.5, 0.6) is 11.5 Å². The SMILES string of the molecule is COc1ccc(/C(CN2CCN(c3c(F)cc4c(=O)c(C(=O)O)cn5c4c3OC[C@@H]5C)CC2)=N\O)cc1. The van der Waals surface area contributed by atoms with Crippen LogP contribution in [0.3, 0.4) is 0 Å². The van der Waals surface area contributed by atoms with E-state index in [1.54, 1.807) is 23.8 Å². The molecule has 2 aromatic carbocycles. The molecular formula is C26H27FN4O6. The Morgan fingerprint density at radius 1 is 1.22 bits per heavy atom. The van der Waals surface area contributed by atoms with E-state index in [0.29, 0.717) is 49.7 Å². The summed E-state index contributed by atoms with van der Waals surface area (Å²) in [6.45, 7) is 4.60. The monoisotopic (exact) mass is 510 g/mol. The van der Waals surface area contributed by atoms with Crippen LogP contribution in [0.1, 0.15) is 28.9 Å². The molecule has 0 spiro atoms. The maximum atomic E-state index is 15.5. The number of methoxy groups -OCH3 is 1. The van der Waals surface area contributed by atoms with Crippen LogP contribution in [-0.2, 0) is 0 Å². The second-order valence-electron chi connectivity index (χ2n) is 9.22. The molecule has 194 valence electrons. The van der Waals surface area contributed by atoms with Gasteiger partial charge in [-0.2, -0.15) is 0 Å². The van der Waals surface area contributed by atoms with Gasteiger partial charge in [0.25, 0.3) is 0 Å². The standard InChI is InChI=1S/C26H27FN4O6/c1-15-14-37-25-22-18(24(32)19(26(33)34)12-31(15)22)11-20(27)23(25)30-9-7-29(8-10-30)13-21(28-35)16-3-5-17(36-2)6-4-16/h3-6,11-12,15,35H,7-10,13-14H2,1-2H3,(H,33,34)/b28-21-/t15-/m0/s1. The number of hydrogen-bond acceptors (Lipinski definition) is 8. The summed E-state index contributed by atoms with van der Waals surface area (Å²) in [5, 5.41) is 22.5. The number of carboxylic acids is 1. The molecule has 2 aliphatic heterocycles. The van der Waals surface area contributed by atoms with Gasteiger partial charge in [-0.05, 0) is 37.3 Å². The van der Waals surface area contributed by atoms with E-state index in [-0.39, 0.29) is 29.5 Å². The highest BCUT2D eigenvalue weighted by atomic mass is 19.1. The lowest BCUT2D eigenvalue weighted by molar-refractivity contribution is 0.0694. The smallest absolute Gasteiger partial charge is 0.341 e. The number of nitrogens with zero attached hydrogens (tertiary/aromatic N) is 4. The van der Waals surface area contributed by atoms with Gasteiger partial charge in [-0.15, -0.1) is 0 Å². The molecule has 3 heterocycles. The zero-order valence-electron chi connectivity index (χ0n) is 20.5. The summed E-state index contributed by atoms with van der Waals surface area (Å²) in [5.41, 5.74) is 0.826. The molecule has 0 radical (unpaired) electrons. The van der Waals surface area contributed by atoms with Gasteiger partial charge in [0.2, 0.25) is 5.43 Å². The fraction of sp³-hybridized carbons (Fsp3) is 0.346. The predicted molar refractivity (Wildman–Crippen MR) is 135 cm³/mol. The zero-order valence-corrected chi connectivity index (χ0v) is 20.5. The minimum Gasteiger partial charge on any atom is -0.497 e. The third-order valence-electron chi connectivity index (χ3n) is 6.98. The fourth-order valence-corrected chi connectivity index (χ4v) is 4.96. The Bertz CT molecular complexity index is 1440. The number of carboxylic acid groups (broad SMARTS) is 1. The summed E-state index contributed by atoms with van der Waals surface area (Å²) >= 11 is 0. The first-order chi connectivity index (χ1) is 17.8. The Balaban J connectivity index is 1.41. The Kier molecular flexibility index (Phi) is 6.46. The number of anilines is 1. The quantitative estimate of drug-likeness (QED) is 0.295. The highest BCUT2D eigenvalue weighted by Gasteiger charge is 2.31. The summed E-state index contributed by atoms with van der Waals surface area (Å²) in [6.07, 6.45) is 1.32. The number of ether oxygens (including phenoxy) is 2. The Morgan fingerprint density at radius 2 is 1.92 bits per heavy atom. The van der Waals surface area contributed by atoms with E-state index in [9.17, 15) is 19.9 Å². The molecule has 37 heavy (non-hydrogen) atoms. The molecule has 0 bridgehead atoms. The van der Waals surface area contributed by atoms with Crippen LogP contribution in [0.2, 0.25) is 0 Å². The molecule has 0 amide bonds.